The minimum Gasteiger partial charge on any atom is -0.465 e. The topological polar surface area (TPSA) is 90.9 Å². The molecule has 0 aliphatic carbocycles. The molecular formula is C23H33NO6. The average Bonchev–Trinajstić information content (AvgIpc) is 2.72. The molecule has 0 bridgehead atoms. The van der Waals surface area contributed by atoms with Crippen molar-refractivity contribution < 1.29 is 28.6 Å². The number of nitrogens with one attached hydrogen (secondary N) is 1. The summed E-state index contributed by atoms with van der Waals surface area (Å²) in [6.07, 6.45) is 3.10. The van der Waals surface area contributed by atoms with Gasteiger partial charge in [0.1, 0.15) is 0 Å². The number of ether oxygens (including phenoxy) is 3. The minimum atomic E-state index is -1.33. The lowest BCUT2D eigenvalue weighted by atomic mass is 9.98. The fourth-order valence-electron chi connectivity index (χ4n) is 3.40. The maximum atomic E-state index is 12.5. The van der Waals surface area contributed by atoms with Gasteiger partial charge in [0, 0.05) is 18.4 Å². The number of carbonyl (C=O) groups is 3. The van der Waals surface area contributed by atoms with Crippen LogP contribution in [-0.2, 0) is 23.8 Å². The zero-order chi connectivity index (χ0) is 22.3. The highest BCUT2D eigenvalue weighted by atomic mass is 16.7. The molecule has 1 amide bonds. The number of rotatable bonds is 9. The number of hydrogen-bond acceptors (Lipinski definition) is 6. The van der Waals surface area contributed by atoms with E-state index in [0.29, 0.717) is 25.2 Å². The van der Waals surface area contributed by atoms with Gasteiger partial charge < -0.3 is 19.5 Å². The zero-order valence-electron chi connectivity index (χ0n) is 18.6. The third-order valence-corrected chi connectivity index (χ3v) is 5.67. The van der Waals surface area contributed by atoms with Gasteiger partial charge in [-0.1, -0.05) is 18.9 Å². The van der Waals surface area contributed by atoms with Crippen molar-refractivity contribution in [1.29, 1.82) is 0 Å². The zero-order valence-corrected chi connectivity index (χ0v) is 18.6. The second-order valence-corrected chi connectivity index (χ2v) is 8.15. The molecular weight excluding hydrogens is 386 g/mol. The van der Waals surface area contributed by atoms with Gasteiger partial charge in [0.05, 0.1) is 26.4 Å². The van der Waals surface area contributed by atoms with E-state index in [1.54, 1.807) is 13.0 Å². The van der Waals surface area contributed by atoms with Crippen LogP contribution in [0.5, 0.6) is 0 Å². The van der Waals surface area contributed by atoms with Gasteiger partial charge >= 0.3 is 5.97 Å². The largest absolute Gasteiger partial charge is 0.465 e. The molecule has 30 heavy (non-hydrogen) atoms. The number of Topliss-reactive ketones (excluding diaryl/α,β-unsaturated/α-hetero) is 1. The molecule has 1 saturated heterocycles. The Balaban J connectivity index is 1.76. The van der Waals surface area contributed by atoms with Gasteiger partial charge in [0.15, 0.2) is 5.78 Å². The Hall–Kier alpha value is -2.25. The third kappa shape index (κ3) is 6.37. The van der Waals surface area contributed by atoms with Gasteiger partial charge in [0.2, 0.25) is 0 Å². The van der Waals surface area contributed by atoms with Gasteiger partial charge in [-0.15, -0.1) is 0 Å². The van der Waals surface area contributed by atoms with Crippen LogP contribution < -0.4 is 5.32 Å². The molecule has 1 aromatic rings. The van der Waals surface area contributed by atoms with E-state index in [0.717, 1.165) is 30.4 Å². The van der Waals surface area contributed by atoms with Crippen molar-refractivity contribution >= 4 is 17.7 Å². The van der Waals surface area contributed by atoms with Crippen LogP contribution >= 0.6 is 0 Å². The summed E-state index contributed by atoms with van der Waals surface area (Å²) in [5.74, 6) is -1.96. The standard InChI is InChI=1S/C23H33NO6/c1-15-10-11-19(12-16(15)2)21(26)24-20(17(3)25)9-7-6-8-18-13-29-23(4,30-14-18)22(27)28-5/h10-12,18,20H,6-9,13-14H2,1-5H3,(H,24,26)/t18-,20?,23+. The molecule has 2 rings (SSSR count). The van der Waals surface area contributed by atoms with Gasteiger partial charge in [-0.25, -0.2) is 4.79 Å². The fourth-order valence-corrected chi connectivity index (χ4v) is 3.40. The Morgan fingerprint density at radius 3 is 2.40 bits per heavy atom. The summed E-state index contributed by atoms with van der Waals surface area (Å²) in [5, 5.41) is 2.86. The Kier molecular flexibility index (Phi) is 8.55. The van der Waals surface area contributed by atoms with Crippen molar-refractivity contribution in [2.75, 3.05) is 20.3 Å². The number of esters is 1. The first-order valence-electron chi connectivity index (χ1n) is 10.4. The molecule has 7 nitrogen and oxygen atoms in total. The predicted octanol–water partition coefficient (Wildman–Crippen LogP) is 3.10. The third-order valence-electron chi connectivity index (χ3n) is 5.67. The smallest absolute Gasteiger partial charge is 0.366 e. The van der Waals surface area contributed by atoms with Gasteiger partial charge in [-0.2, -0.15) is 0 Å². The first-order valence-corrected chi connectivity index (χ1v) is 10.4. The molecule has 1 aliphatic rings. The van der Waals surface area contributed by atoms with Crippen LogP contribution in [0.4, 0.5) is 0 Å². The van der Waals surface area contributed by atoms with Crippen molar-refractivity contribution in [3.05, 3.63) is 34.9 Å². The summed E-state index contributed by atoms with van der Waals surface area (Å²) in [6.45, 7) is 7.86. The number of hydrogen-bond donors (Lipinski definition) is 1. The number of carbonyl (C=O) groups excluding carboxylic acids is 3. The van der Waals surface area contributed by atoms with E-state index in [2.05, 4.69) is 5.32 Å². The highest BCUT2D eigenvalue weighted by Gasteiger charge is 2.41. The molecule has 0 saturated carbocycles. The van der Waals surface area contributed by atoms with Crippen LogP contribution in [0.2, 0.25) is 0 Å². The minimum absolute atomic E-state index is 0.0506. The molecule has 0 aromatic heterocycles. The molecule has 166 valence electrons. The van der Waals surface area contributed by atoms with Gasteiger partial charge in [-0.05, 0) is 56.9 Å². The Morgan fingerprint density at radius 2 is 1.83 bits per heavy atom. The molecule has 1 fully saturated rings. The lowest BCUT2D eigenvalue weighted by Crippen LogP contribution is -2.48. The molecule has 1 aliphatic heterocycles. The second-order valence-electron chi connectivity index (χ2n) is 8.15. The number of ketones is 1. The van der Waals surface area contributed by atoms with E-state index in [-0.39, 0.29) is 17.6 Å². The van der Waals surface area contributed by atoms with Crippen LogP contribution in [0, 0.1) is 19.8 Å². The summed E-state index contributed by atoms with van der Waals surface area (Å²) in [7, 11) is 1.30. The number of unbranched alkanes of at least 4 members (excludes halogenated alkanes) is 1. The van der Waals surface area contributed by atoms with E-state index in [1.807, 2.05) is 26.0 Å². The monoisotopic (exact) mass is 419 g/mol. The van der Waals surface area contributed by atoms with Crippen LogP contribution in [-0.4, -0.2) is 49.8 Å². The van der Waals surface area contributed by atoms with E-state index < -0.39 is 17.8 Å². The van der Waals surface area contributed by atoms with E-state index >= 15 is 0 Å². The van der Waals surface area contributed by atoms with Crippen molar-refractivity contribution in [3.8, 4) is 0 Å². The first kappa shape index (κ1) is 24.0. The van der Waals surface area contributed by atoms with Crippen molar-refractivity contribution in [2.45, 2.75) is 65.2 Å². The summed E-state index contributed by atoms with van der Waals surface area (Å²) >= 11 is 0. The molecule has 7 heteroatoms. The first-order chi connectivity index (χ1) is 14.2. The van der Waals surface area contributed by atoms with Crippen molar-refractivity contribution in [2.24, 2.45) is 5.92 Å². The Bertz CT molecular complexity index is 767. The molecule has 0 radical (unpaired) electrons. The van der Waals surface area contributed by atoms with Gasteiger partial charge in [0.25, 0.3) is 11.7 Å². The maximum absolute atomic E-state index is 12.5. The van der Waals surface area contributed by atoms with Crippen LogP contribution in [0.3, 0.4) is 0 Å². The molecule has 0 spiro atoms. The second kappa shape index (κ2) is 10.7. The lowest BCUT2D eigenvalue weighted by Gasteiger charge is -2.35. The highest BCUT2D eigenvalue weighted by Crippen LogP contribution is 2.25. The fraction of sp³-hybridized carbons (Fsp3) is 0.609. The molecule has 1 aromatic carbocycles. The number of methoxy groups -OCH3 is 1. The maximum Gasteiger partial charge on any atom is 0.366 e. The Labute approximate surface area is 178 Å². The summed E-state index contributed by atoms with van der Waals surface area (Å²) in [4.78, 5) is 36.2. The summed E-state index contributed by atoms with van der Waals surface area (Å²) in [5.41, 5.74) is 2.73. The van der Waals surface area contributed by atoms with E-state index in [1.165, 1.54) is 14.0 Å². The summed E-state index contributed by atoms with van der Waals surface area (Å²) in [6, 6.07) is 5.03. The van der Waals surface area contributed by atoms with E-state index in [9.17, 15) is 14.4 Å². The van der Waals surface area contributed by atoms with Crippen LogP contribution in [0.25, 0.3) is 0 Å². The van der Waals surface area contributed by atoms with Crippen molar-refractivity contribution in [1.82, 2.24) is 5.32 Å². The Morgan fingerprint density at radius 1 is 1.17 bits per heavy atom. The SMILES string of the molecule is COC(=O)[C@]1(C)OC[C@H](CCCCC(NC(=O)c2ccc(C)c(C)c2)C(C)=O)CO1. The van der Waals surface area contributed by atoms with Crippen LogP contribution in [0.1, 0.15) is 61.0 Å². The molecule has 1 atom stereocenters. The quantitative estimate of drug-likeness (QED) is 0.489. The normalized spacial score (nSPS) is 22.2. The average molecular weight is 420 g/mol. The van der Waals surface area contributed by atoms with Gasteiger partial charge in [-0.3, -0.25) is 9.59 Å². The highest BCUT2D eigenvalue weighted by molar-refractivity contribution is 5.97. The molecule has 1 unspecified atom stereocenters. The molecule has 1 heterocycles. The van der Waals surface area contributed by atoms with E-state index in [4.69, 9.17) is 14.2 Å². The van der Waals surface area contributed by atoms with Crippen LogP contribution in [0.15, 0.2) is 18.2 Å². The predicted molar refractivity (Wildman–Crippen MR) is 112 cm³/mol. The lowest BCUT2D eigenvalue weighted by molar-refractivity contribution is -0.272. The number of amides is 1. The number of aryl methyl sites for hydroxylation is 2. The van der Waals surface area contributed by atoms with Crippen molar-refractivity contribution in [3.63, 3.8) is 0 Å². The summed E-state index contributed by atoms with van der Waals surface area (Å²) < 4.78 is 15.8. The number of benzene rings is 1. The molecule has 1 N–H and O–H groups in total.